The zero-order valence-electron chi connectivity index (χ0n) is 8.48. The van der Waals surface area contributed by atoms with Gasteiger partial charge in [-0.2, -0.15) is 0 Å². The molecule has 1 aromatic rings. The molecule has 0 aliphatic carbocycles. The Balaban J connectivity index is 2.97. The van der Waals surface area contributed by atoms with E-state index in [2.05, 4.69) is 13.8 Å². The molecule has 0 bridgehead atoms. The van der Waals surface area contributed by atoms with Gasteiger partial charge >= 0.3 is 0 Å². The quantitative estimate of drug-likeness (QED) is 0.847. The highest BCUT2D eigenvalue weighted by Gasteiger charge is 2.19. The van der Waals surface area contributed by atoms with Gasteiger partial charge in [-0.05, 0) is 36.1 Å². The molecule has 1 nitrogen and oxygen atoms in total. The molecular formula is C11H15Cl2N. The topological polar surface area (TPSA) is 26.0 Å². The number of halogens is 2. The van der Waals surface area contributed by atoms with Gasteiger partial charge in [-0.15, -0.1) is 0 Å². The Morgan fingerprint density at radius 2 is 1.71 bits per heavy atom. The molecule has 0 saturated carbocycles. The molecular weight excluding hydrogens is 217 g/mol. The molecule has 14 heavy (non-hydrogen) atoms. The van der Waals surface area contributed by atoms with Crippen molar-refractivity contribution < 1.29 is 0 Å². The van der Waals surface area contributed by atoms with Gasteiger partial charge in [0.25, 0.3) is 0 Å². The minimum absolute atomic E-state index is 0.0363. The lowest BCUT2D eigenvalue weighted by Crippen LogP contribution is -2.26. The molecule has 0 amide bonds. The van der Waals surface area contributed by atoms with Crippen molar-refractivity contribution in [2.45, 2.75) is 20.3 Å². The standard InChI is InChI=1S/C11H15Cl2N/c1-11(2,7-14)6-8-9(12)4-3-5-10(8)13/h3-5H,6-7,14H2,1-2H3. The van der Waals surface area contributed by atoms with E-state index in [-0.39, 0.29) is 5.41 Å². The molecule has 0 fully saturated rings. The van der Waals surface area contributed by atoms with Gasteiger partial charge in [0.05, 0.1) is 0 Å². The molecule has 0 saturated heterocycles. The second-order valence-electron chi connectivity index (χ2n) is 4.25. The van der Waals surface area contributed by atoms with Gasteiger partial charge in [-0.25, -0.2) is 0 Å². The average Bonchev–Trinajstić information content (AvgIpc) is 2.12. The summed E-state index contributed by atoms with van der Waals surface area (Å²) in [7, 11) is 0. The van der Waals surface area contributed by atoms with Crippen molar-refractivity contribution in [3.8, 4) is 0 Å². The molecule has 2 N–H and O–H groups in total. The molecule has 1 aromatic carbocycles. The van der Waals surface area contributed by atoms with Crippen LogP contribution in [-0.2, 0) is 6.42 Å². The van der Waals surface area contributed by atoms with E-state index in [0.29, 0.717) is 6.54 Å². The molecule has 1 rings (SSSR count). The fourth-order valence-electron chi connectivity index (χ4n) is 1.25. The second-order valence-corrected chi connectivity index (χ2v) is 5.06. The fraction of sp³-hybridized carbons (Fsp3) is 0.455. The van der Waals surface area contributed by atoms with E-state index in [1.54, 1.807) is 0 Å². The van der Waals surface area contributed by atoms with Crippen LogP contribution < -0.4 is 5.73 Å². The smallest absolute Gasteiger partial charge is 0.0453 e. The van der Waals surface area contributed by atoms with Crippen molar-refractivity contribution in [2.24, 2.45) is 11.1 Å². The van der Waals surface area contributed by atoms with Crippen LogP contribution in [0.2, 0.25) is 10.0 Å². The fourth-order valence-corrected chi connectivity index (χ4v) is 1.78. The maximum absolute atomic E-state index is 6.07. The van der Waals surface area contributed by atoms with Crippen molar-refractivity contribution in [3.63, 3.8) is 0 Å². The van der Waals surface area contributed by atoms with Crippen LogP contribution in [0, 0.1) is 5.41 Å². The van der Waals surface area contributed by atoms with Gasteiger partial charge in [-0.1, -0.05) is 43.1 Å². The molecule has 0 aliphatic rings. The van der Waals surface area contributed by atoms with Crippen molar-refractivity contribution in [2.75, 3.05) is 6.54 Å². The molecule has 0 radical (unpaired) electrons. The van der Waals surface area contributed by atoms with Gasteiger partial charge in [0.15, 0.2) is 0 Å². The second kappa shape index (κ2) is 4.52. The van der Waals surface area contributed by atoms with E-state index in [9.17, 15) is 0 Å². The Bertz CT molecular complexity index is 301. The Hall–Kier alpha value is -0.240. The Morgan fingerprint density at radius 1 is 1.21 bits per heavy atom. The third kappa shape index (κ3) is 2.88. The summed E-state index contributed by atoms with van der Waals surface area (Å²) in [4.78, 5) is 0. The highest BCUT2D eigenvalue weighted by atomic mass is 35.5. The monoisotopic (exact) mass is 231 g/mol. The molecule has 78 valence electrons. The minimum atomic E-state index is 0.0363. The predicted molar refractivity (Wildman–Crippen MR) is 63.0 cm³/mol. The van der Waals surface area contributed by atoms with Crippen LogP contribution in [0.1, 0.15) is 19.4 Å². The van der Waals surface area contributed by atoms with Crippen molar-refractivity contribution in [1.29, 1.82) is 0 Å². The highest BCUT2D eigenvalue weighted by molar-refractivity contribution is 6.35. The van der Waals surface area contributed by atoms with Gasteiger partial charge in [0, 0.05) is 10.0 Å². The zero-order chi connectivity index (χ0) is 10.8. The van der Waals surface area contributed by atoms with Crippen LogP contribution in [-0.4, -0.2) is 6.54 Å². The van der Waals surface area contributed by atoms with Crippen LogP contribution in [0.15, 0.2) is 18.2 Å². The molecule has 0 spiro atoms. The number of nitrogens with two attached hydrogens (primary N) is 1. The first-order chi connectivity index (χ1) is 6.46. The van der Waals surface area contributed by atoms with Gasteiger partial charge < -0.3 is 5.73 Å². The zero-order valence-corrected chi connectivity index (χ0v) is 9.99. The van der Waals surface area contributed by atoms with Crippen molar-refractivity contribution >= 4 is 23.2 Å². The van der Waals surface area contributed by atoms with E-state index in [1.165, 1.54) is 0 Å². The summed E-state index contributed by atoms with van der Waals surface area (Å²) in [5, 5.41) is 1.44. The number of rotatable bonds is 3. The first-order valence-electron chi connectivity index (χ1n) is 4.59. The van der Waals surface area contributed by atoms with E-state index < -0.39 is 0 Å². The van der Waals surface area contributed by atoms with Crippen LogP contribution in [0.4, 0.5) is 0 Å². The van der Waals surface area contributed by atoms with Crippen molar-refractivity contribution in [3.05, 3.63) is 33.8 Å². The minimum Gasteiger partial charge on any atom is -0.330 e. The predicted octanol–water partition coefficient (Wildman–Crippen LogP) is 3.52. The lowest BCUT2D eigenvalue weighted by atomic mass is 9.86. The summed E-state index contributed by atoms with van der Waals surface area (Å²) in [6.45, 7) is 4.83. The summed E-state index contributed by atoms with van der Waals surface area (Å²) in [5.41, 5.74) is 6.70. The third-order valence-electron chi connectivity index (χ3n) is 2.27. The first kappa shape index (κ1) is 11.8. The van der Waals surface area contributed by atoms with E-state index >= 15 is 0 Å². The normalized spacial score (nSPS) is 11.8. The molecule has 0 aromatic heterocycles. The Kier molecular flexibility index (Phi) is 3.82. The van der Waals surface area contributed by atoms with Crippen LogP contribution in [0.5, 0.6) is 0 Å². The number of hydrogen-bond acceptors (Lipinski definition) is 1. The van der Waals surface area contributed by atoms with Crippen molar-refractivity contribution in [1.82, 2.24) is 0 Å². The number of hydrogen-bond donors (Lipinski definition) is 1. The van der Waals surface area contributed by atoms with E-state index in [4.69, 9.17) is 28.9 Å². The van der Waals surface area contributed by atoms with Gasteiger partial charge in [0.2, 0.25) is 0 Å². The molecule has 0 unspecified atom stereocenters. The maximum Gasteiger partial charge on any atom is 0.0453 e. The molecule has 0 atom stereocenters. The summed E-state index contributed by atoms with van der Waals surface area (Å²) < 4.78 is 0. The maximum atomic E-state index is 6.07. The number of benzene rings is 1. The van der Waals surface area contributed by atoms with Crippen LogP contribution in [0.3, 0.4) is 0 Å². The highest BCUT2D eigenvalue weighted by Crippen LogP contribution is 2.30. The Labute approximate surface area is 95.2 Å². The van der Waals surface area contributed by atoms with E-state index in [1.807, 2.05) is 18.2 Å². The summed E-state index contributed by atoms with van der Waals surface area (Å²) in [5.74, 6) is 0. The van der Waals surface area contributed by atoms with Crippen LogP contribution in [0.25, 0.3) is 0 Å². The first-order valence-corrected chi connectivity index (χ1v) is 5.35. The lowest BCUT2D eigenvalue weighted by molar-refractivity contribution is 0.377. The SMILES string of the molecule is CC(C)(CN)Cc1c(Cl)cccc1Cl. The van der Waals surface area contributed by atoms with Gasteiger partial charge in [0.1, 0.15) is 0 Å². The summed E-state index contributed by atoms with van der Waals surface area (Å²) >= 11 is 12.1. The molecule has 0 aliphatic heterocycles. The summed E-state index contributed by atoms with van der Waals surface area (Å²) in [6, 6.07) is 5.56. The third-order valence-corrected chi connectivity index (χ3v) is 2.98. The molecule has 3 heteroatoms. The lowest BCUT2D eigenvalue weighted by Gasteiger charge is -2.23. The molecule has 0 heterocycles. The Morgan fingerprint density at radius 3 is 2.14 bits per heavy atom. The van der Waals surface area contributed by atoms with Gasteiger partial charge in [-0.3, -0.25) is 0 Å². The van der Waals surface area contributed by atoms with E-state index in [0.717, 1.165) is 22.0 Å². The van der Waals surface area contributed by atoms with Crippen LogP contribution >= 0.6 is 23.2 Å². The largest absolute Gasteiger partial charge is 0.330 e. The summed E-state index contributed by atoms with van der Waals surface area (Å²) in [6.07, 6.45) is 0.808. The average molecular weight is 232 g/mol.